The van der Waals surface area contributed by atoms with Crippen LogP contribution < -0.4 is 14.5 Å². The Morgan fingerprint density at radius 2 is 1.63 bits per heavy atom. The second-order valence-electron chi connectivity index (χ2n) is 9.02. The molecule has 0 fully saturated rings. The van der Waals surface area contributed by atoms with Gasteiger partial charge in [-0.1, -0.05) is 41.9 Å². The molecule has 0 spiro atoms. The average molecular weight is 676 g/mol. The van der Waals surface area contributed by atoms with E-state index >= 15 is 0 Å². The van der Waals surface area contributed by atoms with Gasteiger partial charge in [-0.15, -0.1) is 17.5 Å². The molecule has 7 heteroatoms. The summed E-state index contributed by atoms with van der Waals surface area (Å²) in [7, 11) is 2.03. The van der Waals surface area contributed by atoms with E-state index in [1.807, 2.05) is 69.2 Å². The third-order valence-corrected chi connectivity index (χ3v) is 6.59. The maximum Gasteiger partial charge on any atom is 0.135 e. The SMILES string of the molecule is Cc1cccc(-n2c3[c-]c(Oc4[c-]c(N5[CH-]N(C)c6ccccc65)ccn4)ccc3c3ccccc32)n1.[Pt]. The minimum Gasteiger partial charge on any atom is -0.504 e. The van der Waals surface area contributed by atoms with Crippen molar-refractivity contribution in [1.29, 1.82) is 0 Å². The Kier molecular flexibility index (Phi) is 6.13. The minimum atomic E-state index is 0. The Morgan fingerprint density at radius 3 is 2.50 bits per heavy atom. The molecule has 0 unspecified atom stereocenters. The maximum absolute atomic E-state index is 6.20. The van der Waals surface area contributed by atoms with E-state index in [9.17, 15) is 0 Å². The molecule has 0 atom stereocenters. The Bertz CT molecular complexity index is 1800. The van der Waals surface area contributed by atoms with Crippen LogP contribution in [0.5, 0.6) is 11.6 Å². The van der Waals surface area contributed by atoms with E-state index in [4.69, 9.17) is 9.72 Å². The van der Waals surface area contributed by atoms with Crippen molar-refractivity contribution in [2.75, 3.05) is 16.8 Å². The van der Waals surface area contributed by atoms with Crippen molar-refractivity contribution >= 4 is 38.9 Å². The number of fused-ring (bicyclic) bond motifs is 4. The molecule has 190 valence electrons. The number of ether oxygens (including phenoxy) is 1. The first-order valence-corrected chi connectivity index (χ1v) is 12.1. The standard InChI is InChI=1S/C31H22N5O.Pt/c1-21-8-7-13-30(33-21)36-26-10-4-3-9-24(26)25-15-14-23(19-29(25)36)37-31-18-22(16-17-32-31)35-20-34(2)27-11-5-6-12-28(27)35;/h3-17,20H,1-2H3;/q-3;. The zero-order chi connectivity index (χ0) is 24.9. The number of nitrogens with zero attached hydrogens (tertiary/aromatic N) is 5. The molecule has 0 saturated carbocycles. The van der Waals surface area contributed by atoms with Gasteiger partial charge in [-0.25, -0.2) is 4.98 Å². The number of anilines is 3. The number of aryl methyl sites for hydroxylation is 1. The molecule has 4 heterocycles. The van der Waals surface area contributed by atoms with Crippen molar-refractivity contribution in [1.82, 2.24) is 14.5 Å². The third-order valence-electron chi connectivity index (χ3n) is 6.59. The van der Waals surface area contributed by atoms with Crippen LogP contribution in [0.25, 0.3) is 27.6 Å². The van der Waals surface area contributed by atoms with Gasteiger partial charge in [0.05, 0.1) is 0 Å². The number of pyridine rings is 2. The molecule has 6 aromatic rings. The van der Waals surface area contributed by atoms with Gasteiger partial charge in [-0.05, 0) is 55.9 Å². The normalized spacial score (nSPS) is 12.6. The fourth-order valence-electron chi connectivity index (χ4n) is 4.94. The number of benzene rings is 3. The van der Waals surface area contributed by atoms with Crippen LogP contribution in [0.2, 0.25) is 0 Å². The van der Waals surface area contributed by atoms with Crippen molar-refractivity contribution in [2.24, 2.45) is 0 Å². The zero-order valence-corrected chi connectivity index (χ0v) is 23.0. The van der Waals surface area contributed by atoms with Crippen LogP contribution in [0.3, 0.4) is 0 Å². The van der Waals surface area contributed by atoms with Crippen molar-refractivity contribution < 1.29 is 25.8 Å². The summed E-state index contributed by atoms with van der Waals surface area (Å²) in [6, 6.07) is 35.3. The number of hydrogen-bond donors (Lipinski definition) is 0. The second kappa shape index (κ2) is 9.62. The Hall–Kier alpha value is -4.15. The molecule has 0 aliphatic carbocycles. The van der Waals surface area contributed by atoms with Crippen LogP contribution in [0.1, 0.15) is 5.69 Å². The summed E-state index contributed by atoms with van der Waals surface area (Å²) in [5.74, 6) is 1.79. The topological polar surface area (TPSA) is 46.4 Å². The largest absolute Gasteiger partial charge is 0.504 e. The molecule has 6 nitrogen and oxygen atoms in total. The Balaban J connectivity index is 0.00000264. The molecular weight excluding hydrogens is 653 g/mol. The summed E-state index contributed by atoms with van der Waals surface area (Å²) in [5.41, 5.74) is 5.99. The first-order chi connectivity index (χ1) is 18.2. The van der Waals surface area contributed by atoms with E-state index in [2.05, 4.69) is 67.9 Å². The van der Waals surface area contributed by atoms with E-state index in [0.717, 1.165) is 50.4 Å². The molecule has 0 radical (unpaired) electrons. The van der Waals surface area contributed by atoms with E-state index in [1.165, 1.54) is 0 Å². The van der Waals surface area contributed by atoms with Crippen LogP contribution in [0, 0.1) is 25.7 Å². The number of hydrogen-bond acceptors (Lipinski definition) is 5. The van der Waals surface area contributed by atoms with Gasteiger partial charge in [-0.3, -0.25) is 4.98 Å². The van der Waals surface area contributed by atoms with E-state index in [-0.39, 0.29) is 21.1 Å². The van der Waals surface area contributed by atoms with Gasteiger partial charge >= 0.3 is 0 Å². The second-order valence-corrected chi connectivity index (χ2v) is 9.02. The van der Waals surface area contributed by atoms with E-state index in [1.54, 1.807) is 6.20 Å². The van der Waals surface area contributed by atoms with Gasteiger partial charge in [0.15, 0.2) is 0 Å². The zero-order valence-electron chi connectivity index (χ0n) is 20.7. The van der Waals surface area contributed by atoms with Crippen molar-refractivity contribution in [3.05, 3.63) is 116 Å². The van der Waals surface area contributed by atoms with E-state index in [0.29, 0.717) is 11.6 Å². The summed E-state index contributed by atoms with van der Waals surface area (Å²) in [5, 5.41) is 2.23. The van der Waals surface area contributed by atoms with Crippen LogP contribution in [0.15, 0.2) is 91.1 Å². The number of para-hydroxylation sites is 3. The van der Waals surface area contributed by atoms with Gasteiger partial charge < -0.3 is 19.1 Å². The fourth-order valence-corrected chi connectivity index (χ4v) is 4.94. The Morgan fingerprint density at radius 1 is 0.816 bits per heavy atom. The quantitative estimate of drug-likeness (QED) is 0.189. The summed E-state index contributed by atoms with van der Waals surface area (Å²) in [6.45, 7) is 4.03. The molecule has 0 amide bonds. The molecule has 3 aromatic carbocycles. The summed E-state index contributed by atoms with van der Waals surface area (Å²) >= 11 is 0. The predicted molar refractivity (Wildman–Crippen MR) is 147 cm³/mol. The maximum atomic E-state index is 6.20. The summed E-state index contributed by atoms with van der Waals surface area (Å²) in [4.78, 5) is 13.4. The first-order valence-electron chi connectivity index (χ1n) is 12.1. The molecule has 1 aliphatic rings. The minimum absolute atomic E-state index is 0. The predicted octanol–water partition coefficient (Wildman–Crippen LogP) is 6.98. The van der Waals surface area contributed by atoms with Crippen LogP contribution in [-0.2, 0) is 21.1 Å². The fraction of sp³-hybridized carbons (Fsp3) is 0.0645. The van der Waals surface area contributed by atoms with Crippen LogP contribution in [-0.4, -0.2) is 21.6 Å². The van der Waals surface area contributed by atoms with Gasteiger partial charge in [0.25, 0.3) is 0 Å². The van der Waals surface area contributed by atoms with Crippen molar-refractivity contribution in [3.63, 3.8) is 0 Å². The molecule has 3 aromatic heterocycles. The molecule has 0 bridgehead atoms. The monoisotopic (exact) mass is 675 g/mol. The van der Waals surface area contributed by atoms with Crippen LogP contribution >= 0.6 is 0 Å². The van der Waals surface area contributed by atoms with Gasteiger partial charge in [-0.2, -0.15) is 30.6 Å². The van der Waals surface area contributed by atoms with Gasteiger partial charge in [0, 0.05) is 49.4 Å². The van der Waals surface area contributed by atoms with Gasteiger partial charge in [0.2, 0.25) is 0 Å². The van der Waals surface area contributed by atoms with Gasteiger partial charge in [0.1, 0.15) is 11.7 Å². The molecule has 0 saturated heterocycles. The van der Waals surface area contributed by atoms with Crippen LogP contribution in [0.4, 0.5) is 17.1 Å². The summed E-state index contributed by atoms with van der Waals surface area (Å²) in [6.07, 6.45) is 1.74. The molecular formula is C31H22N5OPt-3. The first kappa shape index (κ1) is 24.2. The molecule has 1 aliphatic heterocycles. The summed E-state index contributed by atoms with van der Waals surface area (Å²) < 4.78 is 8.33. The third kappa shape index (κ3) is 4.02. The molecule has 0 N–H and O–H groups in total. The number of aromatic nitrogens is 3. The number of rotatable bonds is 4. The van der Waals surface area contributed by atoms with Crippen molar-refractivity contribution in [3.8, 4) is 17.4 Å². The molecule has 38 heavy (non-hydrogen) atoms. The van der Waals surface area contributed by atoms with Crippen molar-refractivity contribution in [2.45, 2.75) is 6.92 Å². The Labute approximate surface area is 235 Å². The average Bonchev–Trinajstić information content (AvgIpc) is 3.43. The van der Waals surface area contributed by atoms with E-state index < -0.39 is 0 Å². The molecule has 7 rings (SSSR count). The smallest absolute Gasteiger partial charge is 0.135 e.